The number of benzene rings is 1. The number of aromatic amines is 2. The first kappa shape index (κ1) is 19.5. The van der Waals surface area contributed by atoms with Gasteiger partial charge in [0, 0.05) is 44.9 Å². The third kappa shape index (κ3) is 5.38. The van der Waals surface area contributed by atoms with Gasteiger partial charge >= 0.3 is 0 Å². The summed E-state index contributed by atoms with van der Waals surface area (Å²) in [4.78, 5) is 17.7. The molecular formula is C18H24N6OS2. The maximum atomic E-state index is 11.7. The van der Waals surface area contributed by atoms with Gasteiger partial charge in [0.15, 0.2) is 4.77 Å². The lowest BCUT2D eigenvalue weighted by atomic mass is 10.2. The number of hydrogen-bond acceptors (Lipinski definition) is 6. The van der Waals surface area contributed by atoms with Gasteiger partial charge in [-0.05, 0) is 43.3 Å². The molecule has 4 N–H and O–H groups in total. The molecule has 0 aliphatic carbocycles. The van der Waals surface area contributed by atoms with Crippen molar-refractivity contribution in [2.24, 2.45) is 0 Å². The highest BCUT2D eigenvalue weighted by Crippen LogP contribution is 2.25. The van der Waals surface area contributed by atoms with Gasteiger partial charge in [-0.15, -0.1) is 0 Å². The van der Waals surface area contributed by atoms with Crippen LogP contribution in [0.15, 0.2) is 30.3 Å². The summed E-state index contributed by atoms with van der Waals surface area (Å²) in [5, 5.41) is 10.5. The zero-order valence-corrected chi connectivity index (χ0v) is 16.9. The number of anilines is 3. The minimum absolute atomic E-state index is 0.0413. The fourth-order valence-electron chi connectivity index (χ4n) is 3.14. The molecule has 1 aromatic heterocycles. The van der Waals surface area contributed by atoms with Crippen LogP contribution in [0.4, 0.5) is 17.2 Å². The molecule has 1 aromatic carbocycles. The first-order valence-electron chi connectivity index (χ1n) is 8.99. The van der Waals surface area contributed by atoms with Crippen molar-refractivity contribution in [3.05, 3.63) is 39.7 Å². The Morgan fingerprint density at radius 1 is 1.22 bits per heavy atom. The maximum absolute atomic E-state index is 11.7. The van der Waals surface area contributed by atoms with E-state index in [4.69, 9.17) is 24.4 Å². The van der Waals surface area contributed by atoms with Crippen molar-refractivity contribution in [3.63, 3.8) is 0 Å². The second-order valence-electron chi connectivity index (χ2n) is 6.38. The van der Waals surface area contributed by atoms with Crippen molar-refractivity contribution in [2.45, 2.75) is 19.3 Å². The summed E-state index contributed by atoms with van der Waals surface area (Å²) < 4.78 is 1.05. The number of aromatic nitrogens is 2. The molecule has 1 aliphatic heterocycles. The first-order valence-corrected chi connectivity index (χ1v) is 9.80. The van der Waals surface area contributed by atoms with Crippen molar-refractivity contribution in [1.82, 2.24) is 20.3 Å². The summed E-state index contributed by atoms with van der Waals surface area (Å²) in [7, 11) is 1.67. The summed E-state index contributed by atoms with van der Waals surface area (Å²) in [6.45, 7) is 2.65. The summed E-state index contributed by atoms with van der Waals surface area (Å²) in [5.74, 6) is 0.776. The lowest BCUT2D eigenvalue weighted by molar-refractivity contribution is -0.120. The molecule has 0 bridgehead atoms. The van der Waals surface area contributed by atoms with Crippen molar-refractivity contribution in [1.29, 1.82) is 0 Å². The van der Waals surface area contributed by atoms with E-state index in [0.29, 0.717) is 22.4 Å². The third-order valence-electron chi connectivity index (χ3n) is 4.44. The van der Waals surface area contributed by atoms with E-state index in [2.05, 4.69) is 42.8 Å². The lowest BCUT2D eigenvalue weighted by Gasteiger charge is -2.34. The Hall–Kier alpha value is -2.23. The number of hydrazine groups is 1. The summed E-state index contributed by atoms with van der Waals surface area (Å²) >= 11 is 10.3. The predicted octanol–water partition coefficient (Wildman–Crippen LogP) is 3.50. The largest absolute Gasteiger partial charge is 0.359 e. The standard InChI is InChI=1S/C18H24N6OS2/c1-19-16(25)7-10-24(23-8-2-3-9-23)14-6-4-5-13(11-14)20-15-12-17(26)22-18(27)21-15/h4-6,11-12H,2-3,7-10H2,1H3,(H,19,25)(H3,20,21,22,26,27). The highest BCUT2D eigenvalue weighted by atomic mass is 32.1. The molecule has 0 atom stereocenters. The van der Waals surface area contributed by atoms with E-state index >= 15 is 0 Å². The van der Waals surface area contributed by atoms with Crippen molar-refractivity contribution in [2.75, 3.05) is 37.0 Å². The van der Waals surface area contributed by atoms with Crippen LogP contribution >= 0.6 is 24.4 Å². The second kappa shape index (κ2) is 9.12. The van der Waals surface area contributed by atoms with Crippen molar-refractivity contribution >= 4 is 47.5 Å². The molecule has 1 saturated heterocycles. The van der Waals surface area contributed by atoms with E-state index in [1.165, 1.54) is 12.8 Å². The van der Waals surface area contributed by atoms with Gasteiger partial charge in [0.05, 0.1) is 5.69 Å². The van der Waals surface area contributed by atoms with Crippen LogP contribution in [0.2, 0.25) is 0 Å². The number of carbonyl (C=O) groups is 1. The maximum Gasteiger partial charge on any atom is 0.221 e. The number of carbonyl (C=O) groups excluding carboxylic acids is 1. The number of amides is 1. The summed E-state index contributed by atoms with van der Waals surface area (Å²) in [6.07, 6.45) is 2.80. The van der Waals surface area contributed by atoms with Crippen molar-refractivity contribution < 1.29 is 4.79 Å². The van der Waals surface area contributed by atoms with E-state index in [0.717, 1.165) is 30.3 Å². The highest BCUT2D eigenvalue weighted by Gasteiger charge is 2.21. The van der Waals surface area contributed by atoms with E-state index in [9.17, 15) is 4.79 Å². The van der Waals surface area contributed by atoms with Crippen LogP contribution < -0.4 is 15.6 Å². The van der Waals surface area contributed by atoms with Gasteiger partial charge in [0.25, 0.3) is 0 Å². The second-order valence-corrected chi connectivity index (χ2v) is 7.23. The number of H-pyrrole nitrogens is 2. The molecule has 1 amide bonds. The summed E-state index contributed by atoms with van der Waals surface area (Å²) in [6, 6.07) is 9.91. The number of hydrogen-bond donors (Lipinski definition) is 4. The van der Waals surface area contributed by atoms with Crippen LogP contribution in [0.1, 0.15) is 19.3 Å². The van der Waals surface area contributed by atoms with Gasteiger partial charge < -0.3 is 25.6 Å². The Bertz CT molecular complexity index is 875. The molecule has 0 radical (unpaired) electrons. The minimum atomic E-state index is 0.0413. The van der Waals surface area contributed by atoms with Crippen LogP contribution in [-0.4, -0.2) is 47.6 Å². The fourth-order valence-corrected chi connectivity index (χ4v) is 3.65. The zero-order chi connectivity index (χ0) is 19.2. The zero-order valence-electron chi connectivity index (χ0n) is 15.2. The Kier molecular flexibility index (Phi) is 6.59. The third-order valence-corrected chi connectivity index (χ3v) is 4.86. The predicted molar refractivity (Wildman–Crippen MR) is 113 cm³/mol. The van der Waals surface area contributed by atoms with E-state index in [-0.39, 0.29) is 5.91 Å². The topological polar surface area (TPSA) is 79.2 Å². The average molecular weight is 405 g/mol. The summed E-state index contributed by atoms with van der Waals surface area (Å²) in [5.41, 5.74) is 1.97. The molecule has 3 rings (SSSR count). The van der Waals surface area contributed by atoms with E-state index < -0.39 is 0 Å². The van der Waals surface area contributed by atoms with Gasteiger partial charge in [0.1, 0.15) is 10.5 Å². The van der Waals surface area contributed by atoms with E-state index in [1.54, 1.807) is 13.1 Å². The highest BCUT2D eigenvalue weighted by molar-refractivity contribution is 7.72. The minimum Gasteiger partial charge on any atom is -0.359 e. The Morgan fingerprint density at radius 2 is 2.00 bits per heavy atom. The molecule has 9 heteroatoms. The molecule has 144 valence electrons. The molecule has 0 unspecified atom stereocenters. The molecular weight excluding hydrogens is 380 g/mol. The molecule has 7 nitrogen and oxygen atoms in total. The Balaban J connectivity index is 1.82. The molecule has 0 spiro atoms. The smallest absolute Gasteiger partial charge is 0.221 e. The monoisotopic (exact) mass is 404 g/mol. The Morgan fingerprint density at radius 3 is 2.70 bits per heavy atom. The number of nitrogens with zero attached hydrogens (tertiary/aromatic N) is 2. The fraction of sp³-hybridized carbons (Fsp3) is 0.389. The van der Waals surface area contributed by atoms with Crippen LogP contribution in [0.3, 0.4) is 0 Å². The van der Waals surface area contributed by atoms with Gasteiger partial charge in [-0.3, -0.25) is 4.79 Å². The van der Waals surface area contributed by atoms with Gasteiger partial charge in [-0.2, -0.15) is 0 Å². The molecule has 27 heavy (non-hydrogen) atoms. The van der Waals surface area contributed by atoms with Gasteiger partial charge in [0.2, 0.25) is 5.91 Å². The van der Waals surface area contributed by atoms with Gasteiger partial charge in [-0.1, -0.05) is 18.3 Å². The van der Waals surface area contributed by atoms with Crippen LogP contribution in [0.5, 0.6) is 0 Å². The molecule has 1 aliphatic rings. The van der Waals surface area contributed by atoms with Gasteiger partial charge in [-0.25, -0.2) is 5.01 Å². The normalized spacial score (nSPS) is 14.1. The van der Waals surface area contributed by atoms with Crippen LogP contribution in [-0.2, 0) is 4.79 Å². The molecule has 2 aromatic rings. The first-order chi connectivity index (χ1) is 13.0. The SMILES string of the molecule is CNC(=O)CCN(c1cccc(Nc2cc(=S)[nH]c(=S)[nH]2)c1)N1CCCC1. The Labute approximate surface area is 168 Å². The average Bonchev–Trinajstić information content (AvgIpc) is 3.15. The molecule has 2 heterocycles. The lowest BCUT2D eigenvalue weighted by Crippen LogP contribution is -2.42. The number of nitrogens with one attached hydrogen (secondary N) is 4. The number of rotatable bonds is 7. The quantitative estimate of drug-likeness (QED) is 0.529. The van der Waals surface area contributed by atoms with Crippen LogP contribution in [0.25, 0.3) is 0 Å². The van der Waals surface area contributed by atoms with E-state index in [1.807, 2.05) is 12.1 Å². The van der Waals surface area contributed by atoms with Crippen LogP contribution in [0, 0.1) is 9.41 Å². The molecule has 1 fully saturated rings. The molecule has 0 saturated carbocycles. The van der Waals surface area contributed by atoms with Crippen molar-refractivity contribution in [3.8, 4) is 0 Å².